The van der Waals surface area contributed by atoms with Crippen molar-refractivity contribution in [2.24, 2.45) is 11.3 Å². The molecule has 0 rings (SSSR count). The van der Waals surface area contributed by atoms with Gasteiger partial charge in [0.25, 0.3) is 0 Å². The first-order valence-corrected chi connectivity index (χ1v) is 5.25. The lowest BCUT2D eigenvalue weighted by Crippen LogP contribution is -2.18. The van der Waals surface area contributed by atoms with Gasteiger partial charge in [-0.1, -0.05) is 27.7 Å². The standard InChI is InChI=1S/C10H20O2S/c1-8(5-10(2,3)4)6-12-9(11)7-13/h8,13H,5-7H2,1-4H3. The van der Waals surface area contributed by atoms with E-state index < -0.39 is 0 Å². The SMILES string of the molecule is CC(COC(=O)CS)CC(C)(C)C. The normalized spacial score (nSPS) is 13.9. The molecule has 0 N–H and O–H groups in total. The summed E-state index contributed by atoms with van der Waals surface area (Å²) < 4.78 is 4.98. The summed E-state index contributed by atoms with van der Waals surface area (Å²) in [5.74, 6) is 0.357. The minimum absolute atomic E-state index is 0.169. The van der Waals surface area contributed by atoms with E-state index in [1.165, 1.54) is 0 Å². The van der Waals surface area contributed by atoms with Crippen LogP contribution in [0.4, 0.5) is 0 Å². The first-order chi connectivity index (χ1) is 5.85. The molecule has 2 nitrogen and oxygen atoms in total. The maximum atomic E-state index is 10.8. The van der Waals surface area contributed by atoms with Crippen molar-refractivity contribution < 1.29 is 9.53 Å². The Morgan fingerprint density at radius 1 is 1.46 bits per heavy atom. The van der Waals surface area contributed by atoms with Crippen LogP contribution in [-0.4, -0.2) is 18.3 Å². The molecular formula is C10H20O2S. The average molecular weight is 204 g/mol. The van der Waals surface area contributed by atoms with Crippen LogP contribution in [0.5, 0.6) is 0 Å². The van der Waals surface area contributed by atoms with Gasteiger partial charge >= 0.3 is 5.97 Å². The molecule has 0 amide bonds. The lowest BCUT2D eigenvalue weighted by molar-refractivity contribution is -0.141. The van der Waals surface area contributed by atoms with Crippen LogP contribution in [0.2, 0.25) is 0 Å². The molecule has 0 radical (unpaired) electrons. The van der Waals surface area contributed by atoms with Crippen molar-refractivity contribution in [2.45, 2.75) is 34.1 Å². The van der Waals surface area contributed by atoms with E-state index in [2.05, 4.69) is 40.3 Å². The van der Waals surface area contributed by atoms with E-state index in [1.807, 2.05) is 0 Å². The Bertz CT molecular complexity index is 161. The zero-order chi connectivity index (χ0) is 10.5. The average Bonchev–Trinajstić information content (AvgIpc) is 1.97. The monoisotopic (exact) mass is 204 g/mol. The molecule has 13 heavy (non-hydrogen) atoms. The van der Waals surface area contributed by atoms with Crippen molar-refractivity contribution in [1.29, 1.82) is 0 Å². The van der Waals surface area contributed by atoms with Gasteiger partial charge in [-0.15, -0.1) is 0 Å². The fourth-order valence-corrected chi connectivity index (χ4v) is 1.48. The van der Waals surface area contributed by atoms with E-state index in [0.717, 1.165) is 6.42 Å². The lowest BCUT2D eigenvalue weighted by Gasteiger charge is -2.22. The highest BCUT2D eigenvalue weighted by Gasteiger charge is 2.16. The third kappa shape index (κ3) is 8.16. The second-order valence-corrected chi connectivity index (χ2v) is 5.03. The Labute approximate surface area is 86.5 Å². The summed E-state index contributed by atoms with van der Waals surface area (Å²) in [5.41, 5.74) is 0.298. The largest absolute Gasteiger partial charge is 0.465 e. The van der Waals surface area contributed by atoms with Gasteiger partial charge in [0.1, 0.15) is 0 Å². The van der Waals surface area contributed by atoms with Gasteiger partial charge in [0.2, 0.25) is 0 Å². The quantitative estimate of drug-likeness (QED) is 0.562. The van der Waals surface area contributed by atoms with Crippen molar-refractivity contribution in [2.75, 3.05) is 12.4 Å². The lowest BCUT2D eigenvalue weighted by atomic mass is 9.86. The first-order valence-electron chi connectivity index (χ1n) is 4.61. The van der Waals surface area contributed by atoms with Crippen LogP contribution < -0.4 is 0 Å². The molecule has 0 aromatic heterocycles. The van der Waals surface area contributed by atoms with E-state index >= 15 is 0 Å². The number of ether oxygens (including phenoxy) is 1. The molecule has 3 heteroatoms. The van der Waals surface area contributed by atoms with Crippen LogP contribution in [-0.2, 0) is 9.53 Å². The zero-order valence-electron chi connectivity index (χ0n) is 8.96. The topological polar surface area (TPSA) is 26.3 Å². The Morgan fingerprint density at radius 3 is 2.38 bits per heavy atom. The van der Waals surface area contributed by atoms with E-state index in [0.29, 0.717) is 17.9 Å². The molecule has 78 valence electrons. The number of esters is 1. The van der Waals surface area contributed by atoms with Crippen LogP contribution in [0.25, 0.3) is 0 Å². The van der Waals surface area contributed by atoms with Gasteiger partial charge in [0.15, 0.2) is 0 Å². The van der Waals surface area contributed by atoms with Crippen molar-refractivity contribution in [3.05, 3.63) is 0 Å². The highest BCUT2D eigenvalue weighted by molar-refractivity contribution is 7.81. The van der Waals surface area contributed by atoms with Crippen LogP contribution >= 0.6 is 12.6 Å². The molecule has 0 aliphatic carbocycles. The highest BCUT2D eigenvalue weighted by atomic mass is 32.1. The molecule has 0 aliphatic rings. The Hall–Kier alpha value is -0.180. The molecule has 0 aromatic rings. The maximum absolute atomic E-state index is 10.8. The summed E-state index contributed by atoms with van der Waals surface area (Å²) in [6, 6.07) is 0. The predicted octanol–water partition coefficient (Wildman–Crippen LogP) is 2.53. The minimum Gasteiger partial charge on any atom is -0.465 e. The molecule has 0 spiro atoms. The number of carbonyl (C=O) groups is 1. The number of rotatable bonds is 4. The molecule has 0 saturated carbocycles. The fourth-order valence-electron chi connectivity index (χ4n) is 1.39. The van der Waals surface area contributed by atoms with Gasteiger partial charge in [-0.3, -0.25) is 4.79 Å². The second kappa shape index (κ2) is 5.53. The van der Waals surface area contributed by atoms with Crippen molar-refractivity contribution in [3.8, 4) is 0 Å². The predicted molar refractivity (Wildman–Crippen MR) is 58.0 cm³/mol. The van der Waals surface area contributed by atoms with Crippen molar-refractivity contribution in [3.63, 3.8) is 0 Å². The smallest absolute Gasteiger partial charge is 0.315 e. The number of hydrogen-bond donors (Lipinski definition) is 1. The number of hydrogen-bond acceptors (Lipinski definition) is 3. The third-order valence-electron chi connectivity index (χ3n) is 1.62. The molecule has 1 atom stereocenters. The molecule has 0 aliphatic heterocycles. The summed E-state index contributed by atoms with van der Waals surface area (Å²) in [5, 5.41) is 0. The highest BCUT2D eigenvalue weighted by Crippen LogP contribution is 2.24. The van der Waals surface area contributed by atoms with Gasteiger partial charge in [-0.05, 0) is 17.8 Å². The summed E-state index contributed by atoms with van der Waals surface area (Å²) >= 11 is 3.83. The van der Waals surface area contributed by atoms with Gasteiger partial charge in [-0.25, -0.2) is 0 Å². The summed E-state index contributed by atoms with van der Waals surface area (Å²) in [6.45, 7) is 9.16. The maximum Gasteiger partial charge on any atom is 0.315 e. The van der Waals surface area contributed by atoms with E-state index in [9.17, 15) is 4.79 Å². The van der Waals surface area contributed by atoms with Crippen molar-refractivity contribution >= 4 is 18.6 Å². The Morgan fingerprint density at radius 2 is 2.00 bits per heavy atom. The second-order valence-electron chi connectivity index (χ2n) is 4.71. The molecule has 0 aromatic carbocycles. The van der Waals surface area contributed by atoms with Crippen LogP contribution in [0.3, 0.4) is 0 Å². The molecular weight excluding hydrogens is 184 g/mol. The third-order valence-corrected chi connectivity index (χ3v) is 1.88. The van der Waals surface area contributed by atoms with Gasteiger partial charge < -0.3 is 4.74 Å². The fraction of sp³-hybridized carbons (Fsp3) is 0.900. The Kier molecular flexibility index (Phi) is 5.45. The number of carbonyl (C=O) groups excluding carboxylic acids is 1. The van der Waals surface area contributed by atoms with E-state index in [1.54, 1.807) is 0 Å². The summed E-state index contributed by atoms with van der Waals surface area (Å²) in [6.07, 6.45) is 1.06. The minimum atomic E-state index is -0.232. The Balaban J connectivity index is 3.63. The zero-order valence-corrected chi connectivity index (χ0v) is 9.86. The van der Waals surface area contributed by atoms with Crippen LogP contribution in [0.15, 0.2) is 0 Å². The van der Waals surface area contributed by atoms with Gasteiger partial charge in [0, 0.05) is 0 Å². The van der Waals surface area contributed by atoms with Crippen LogP contribution in [0, 0.1) is 11.3 Å². The molecule has 0 heterocycles. The summed E-state index contributed by atoms with van der Waals surface area (Å²) in [4.78, 5) is 10.8. The van der Waals surface area contributed by atoms with E-state index in [-0.39, 0.29) is 11.7 Å². The molecule has 0 fully saturated rings. The van der Waals surface area contributed by atoms with Gasteiger partial charge in [-0.2, -0.15) is 12.6 Å². The molecule has 1 unspecified atom stereocenters. The molecule has 0 saturated heterocycles. The number of thiol groups is 1. The first kappa shape index (κ1) is 12.8. The van der Waals surface area contributed by atoms with E-state index in [4.69, 9.17) is 4.74 Å². The van der Waals surface area contributed by atoms with Crippen LogP contribution in [0.1, 0.15) is 34.1 Å². The summed E-state index contributed by atoms with van der Waals surface area (Å²) in [7, 11) is 0. The molecule has 0 bridgehead atoms. The van der Waals surface area contributed by atoms with Gasteiger partial charge in [0.05, 0.1) is 12.4 Å². The van der Waals surface area contributed by atoms with Crippen molar-refractivity contribution in [1.82, 2.24) is 0 Å².